The van der Waals surface area contributed by atoms with Crippen molar-refractivity contribution in [1.29, 1.82) is 5.26 Å². The molecule has 0 fully saturated rings. The molecule has 3 aromatic rings. The van der Waals surface area contributed by atoms with Crippen LogP contribution in [0.1, 0.15) is 34.3 Å². The van der Waals surface area contributed by atoms with E-state index in [9.17, 15) is 10.1 Å². The van der Waals surface area contributed by atoms with Crippen molar-refractivity contribution in [3.8, 4) is 23.3 Å². The molecule has 1 atom stereocenters. The van der Waals surface area contributed by atoms with Gasteiger partial charge in [0.2, 0.25) is 5.88 Å². The highest BCUT2D eigenvalue weighted by molar-refractivity contribution is 9.10. The summed E-state index contributed by atoms with van der Waals surface area (Å²) in [7, 11) is 0. The molecule has 0 saturated heterocycles. The number of fused-ring (bicyclic) bond motifs is 1. The molecule has 1 aliphatic heterocycles. The lowest BCUT2D eigenvalue weighted by Crippen LogP contribution is -2.21. The Hall–Kier alpha value is -3.18. The second kappa shape index (κ2) is 9.98. The van der Waals surface area contributed by atoms with Crippen LogP contribution in [0.3, 0.4) is 0 Å². The van der Waals surface area contributed by atoms with Crippen molar-refractivity contribution in [3.05, 3.63) is 97.3 Å². The molecule has 0 amide bonds. The number of ether oxygens (including phenoxy) is 3. The molecule has 0 spiro atoms. The number of hydrogen-bond acceptors (Lipinski definition) is 6. The number of carbonyl (C=O) groups excluding carboxylic acids is 1. The summed E-state index contributed by atoms with van der Waals surface area (Å²) >= 11 is 15.8. The van der Waals surface area contributed by atoms with E-state index in [2.05, 4.69) is 22.0 Å². The third-order valence-corrected chi connectivity index (χ3v) is 6.22. The summed E-state index contributed by atoms with van der Waals surface area (Å²) in [6, 6.07) is 17.5. The van der Waals surface area contributed by atoms with E-state index in [4.69, 9.17) is 43.1 Å². The standard InChI is InChI=1S/C25H17BrCl2N2O4/c1-2-32-23-19(27)9-14(10-20(23)28)25(31)33-16-7-8-17-21(11-16)34-24(30)18(12-29)22(17)13-3-5-15(26)6-4-13/h3-11,22H,2,30H2,1H3. The number of halogens is 3. The van der Waals surface area contributed by atoms with E-state index in [0.29, 0.717) is 23.7 Å². The minimum absolute atomic E-state index is 0.00327. The van der Waals surface area contributed by atoms with E-state index in [1.807, 2.05) is 24.3 Å². The van der Waals surface area contributed by atoms with Gasteiger partial charge in [-0.2, -0.15) is 5.26 Å². The maximum atomic E-state index is 12.7. The van der Waals surface area contributed by atoms with Crippen molar-refractivity contribution in [1.82, 2.24) is 0 Å². The molecule has 0 aliphatic carbocycles. The maximum Gasteiger partial charge on any atom is 0.343 e. The molecule has 1 aliphatic rings. The molecular weight excluding hydrogens is 543 g/mol. The summed E-state index contributed by atoms with van der Waals surface area (Å²) in [6.45, 7) is 2.18. The van der Waals surface area contributed by atoms with E-state index < -0.39 is 11.9 Å². The van der Waals surface area contributed by atoms with Gasteiger partial charge in [0.15, 0.2) is 5.75 Å². The molecule has 9 heteroatoms. The molecule has 6 nitrogen and oxygen atoms in total. The van der Waals surface area contributed by atoms with Crippen LogP contribution in [0.5, 0.6) is 17.2 Å². The van der Waals surface area contributed by atoms with Gasteiger partial charge in [-0.3, -0.25) is 0 Å². The number of carbonyl (C=O) groups is 1. The molecule has 1 unspecified atom stereocenters. The molecule has 0 bridgehead atoms. The summed E-state index contributed by atoms with van der Waals surface area (Å²) in [5.74, 6) is -0.163. The van der Waals surface area contributed by atoms with Crippen LogP contribution in [0.25, 0.3) is 0 Å². The Morgan fingerprint density at radius 2 is 1.82 bits per heavy atom. The Morgan fingerprint density at radius 1 is 1.15 bits per heavy atom. The number of rotatable bonds is 5. The molecule has 0 aromatic heterocycles. The van der Waals surface area contributed by atoms with Crippen molar-refractivity contribution in [2.24, 2.45) is 5.73 Å². The zero-order chi connectivity index (χ0) is 24.4. The number of benzene rings is 3. The minimum Gasteiger partial charge on any atom is -0.491 e. The third kappa shape index (κ3) is 4.71. The normalized spacial score (nSPS) is 14.6. The van der Waals surface area contributed by atoms with E-state index in [-0.39, 0.29) is 27.2 Å². The smallest absolute Gasteiger partial charge is 0.343 e. The van der Waals surface area contributed by atoms with Crippen LogP contribution in [-0.2, 0) is 0 Å². The zero-order valence-corrected chi connectivity index (χ0v) is 20.9. The predicted molar refractivity (Wildman–Crippen MR) is 132 cm³/mol. The number of nitrogens with two attached hydrogens (primary N) is 1. The van der Waals surface area contributed by atoms with Crippen LogP contribution in [0.4, 0.5) is 0 Å². The van der Waals surface area contributed by atoms with Gasteiger partial charge in [0.05, 0.1) is 28.1 Å². The second-order valence-electron chi connectivity index (χ2n) is 7.27. The monoisotopic (exact) mass is 558 g/mol. The minimum atomic E-state index is -0.659. The van der Waals surface area contributed by atoms with Crippen LogP contribution >= 0.6 is 39.1 Å². The van der Waals surface area contributed by atoms with Crippen molar-refractivity contribution in [2.45, 2.75) is 12.8 Å². The van der Waals surface area contributed by atoms with Crippen molar-refractivity contribution in [3.63, 3.8) is 0 Å². The first-order valence-electron chi connectivity index (χ1n) is 10.1. The van der Waals surface area contributed by atoms with Crippen LogP contribution in [0.2, 0.25) is 10.0 Å². The number of esters is 1. The number of allylic oxidation sites excluding steroid dienone is 1. The highest BCUT2D eigenvalue weighted by Crippen LogP contribution is 2.43. The average Bonchev–Trinajstić information content (AvgIpc) is 2.81. The SMILES string of the molecule is CCOc1c(Cl)cc(C(=O)Oc2ccc3c(c2)OC(N)=C(C#N)C3c2ccc(Br)cc2)cc1Cl. The van der Waals surface area contributed by atoms with E-state index in [1.54, 1.807) is 25.1 Å². The highest BCUT2D eigenvalue weighted by atomic mass is 79.9. The molecule has 172 valence electrons. The van der Waals surface area contributed by atoms with Crippen molar-refractivity contribution < 1.29 is 19.0 Å². The van der Waals surface area contributed by atoms with E-state index >= 15 is 0 Å². The first-order valence-corrected chi connectivity index (χ1v) is 11.7. The lowest BCUT2D eigenvalue weighted by Gasteiger charge is -2.26. The molecule has 1 heterocycles. The van der Waals surface area contributed by atoms with E-state index in [0.717, 1.165) is 15.6 Å². The molecule has 0 saturated carbocycles. The Morgan fingerprint density at radius 3 is 2.44 bits per heavy atom. The van der Waals surface area contributed by atoms with Gasteiger partial charge >= 0.3 is 5.97 Å². The predicted octanol–water partition coefficient (Wildman–Crippen LogP) is 6.59. The first kappa shape index (κ1) is 24.0. The topological polar surface area (TPSA) is 94.6 Å². The average molecular weight is 560 g/mol. The first-order chi connectivity index (χ1) is 16.3. The van der Waals surface area contributed by atoms with Gasteiger partial charge in [0.1, 0.15) is 23.1 Å². The molecule has 4 rings (SSSR count). The molecule has 34 heavy (non-hydrogen) atoms. The van der Waals surface area contributed by atoms with Crippen LogP contribution in [0.15, 0.2) is 70.5 Å². The quantitative estimate of drug-likeness (QED) is 0.280. The molecular formula is C25H17BrCl2N2O4. The Balaban J connectivity index is 1.65. The van der Waals surface area contributed by atoms with E-state index in [1.165, 1.54) is 12.1 Å². The number of nitriles is 1. The maximum absolute atomic E-state index is 12.7. The van der Waals surface area contributed by atoms with Gasteiger partial charge in [0.25, 0.3) is 0 Å². The van der Waals surface area contributed by atoms with Gasteiger partial charge in [-0.05, 0) is 42.8 Å². The summed E-state index contributed by atoms with van der Waals surface area (Å²) in [5.41, 5.74) is 8.11. The Bertz CT molecular complexity index is 1330. The molecule has 2 N–H and O–H groups in total. The van der Waals surface area contributed by atoms with Crippen LogP contribution in [0, 0.1) is 11.3 Å². The lowest BCUT2D eigenvalue weighted by molar-refractivity contribution is 0.0734. The van der Waals surface area contributed by atoms with Crippen LogP contribution < -0.4 is 19.9 Å². The summed E-state index contributed by atoms with van der Waals surface area (Å²) in [5, 5.41) is 10.1. The fourth-order valence-corrected chi connectivity index (χ4v) is 4.48. The Labute approximate surface area is 214 Å². The summed E-state index contributed by atoms with van der Waals surface area (Å²) in [4.78, 5) is 12.7. The van der Waals surface area contributed by atoms with Crippen molar-refractivity contribution in [2.75, 3.05) is 6.61 Å². The third-order valence-electron chi connectivity index (χ3n) is 5.13. The van der Waals surface area contributed by atoms with Crippen molar-refractivity contribution >= 4 is 45.1 Å². The van der Waals surface area contributed by atoms with Crippen LogP contribution in [-0.4, -0.2) is 12.6 Å². The fourth-order valence-electron chi connectivity index (χ4n) is 3.62. The van der Waals surface area contributed by atoms with Gasteiger partial charge in [-0.1, -0.05) is 57.3 Å². The zero-order valence-electron chi connectivity index (χ0n) is 17.8. The number of nitrogens with zero attached hydrogens (tertiary/aromatic N) is 1. The highest BCUT2D eigenvalue weighted by Gasteiger charge is 2.31. The molecule has 0 radical (unpaired) electrons. The largest absolute Gasteiger partial charge is 0.491 e. The van der Waals surface area contributed by atoms with Gasteiger partial charge in [0, 0.05) is 16.1 Å². The fraction of sp³-hybridized carbons (Fsp3) is 0.120. The second-order valence-corrected chi connectivity index (χ2v) is 9.00. The van der Waals surface area contributed by atoms with Gasteiger partial charge < -0.3 is 19.9 Å². The Kier molecular flexibility index (Phi) is 7.03. The number of hydrogen-bond donors (Lipinski definition) is 1. The lowest BCUT2D eigenvalue weighted by atomic mass is 9.83. The van der Waals surface area contributed by atoms with Gasteiger partial charge in [-0.15, -0.1) is 0 Å². The van der Waals surface area contributed by atoms with Gasteiger partial charge in [-0.25, -0.2) is 4.79 Å². The molecule has 3 aromatic carbocycles. The summed E-state index contributed by atoms with van der Waals surface area (Å²) < 4.78 is 17.5. The summed E-state index contributed by atoms with van der Waals surface area (Å²) in [6.07, 6.45) is 0.